The van der Waals surface area contributed by atoms with E-state index in [1.54, 1.807) is 29.2 Å². The molecule has 0 radical (unpaired) electrons. The lowest BCUT2D eigenvalue weighted by atomic mass is 10.1. The van der Waals surface area contributed by atoms with Crippen LogP contribution in [0.25, 0.3) is 0 Å². The molecule has 0 fully saturated rings. The molecule has 1 aliphatic heterocycles. The van der Waals surface area contributed by atoms with E-state index < -0.39 is 5.97 Å². The average molecular weight is 387 g/mol. The van der Waals surface area contributed by atoms with E-state index in [1.807, 2.05) is 61.5 Å². The van der Waals surface area contributed by atoms with Crippen LogP contribution < -0.4 is 9.64 Å². The van der Waals surface area contributed by atoms with Gasteiger partial charge in [0.25, 0.3) is 5.91 Å². The van der Waals surface area contributed by atoms with Crippen LogP contribution in [0.3, 0.4) is 0 Å². The number of rotatable bonds is 5. The molecule has 0 bridgehead atoms. The second-order valence-electron chi connectivity index (χ2n) is 6.96. The van der Waals surface area contributed by atoms with Gasteiger partial charge in [-0.1, -0.05) is 42.5 Å². The molecule has 29 heavy (non-hydrogen) atoms. The molecule has 3 aromatic carbocycles. The van der Waals surface area contributed by atoms with E-state index in [0.29, 0.717) is 17.1 Å². The van der Waals surface area contributed by atoms with Gasteiger partial charge in [0.05, 0.1) is 5.56 Å². The first-order chi connectivity index (χ1) is 14.1. The Balaban J connectivity index is 1.40. The molecule has 0 spiro atoms. The molecule has 0 N–H and O–H groups in total. The van der Waals surface area contributed by atoms with Crippen molar-refractivity contribution < 1.29 is 19.1 Å². The maximum Gasteiger partial charge on any atom is 0.338 e. The third-order valence-corrected chi connectivity index (χ3v) is 4.85. The van der Waals surface area contributed by atoms with Gasteiger partial charge in [-0.15, -0.1) is 0 Å². The molecule has 4 rings (SSSR count). The summed E-state index contributed by atoms with van der Waals surface area (Å²) < 4.78 is 11.0. The van der Waals surface area contributed by atoms with Crippen LogP contribution in [0, 0.1) is 0 Å². The second kappa shape index (κ2) is 8.19. The Morgan fingerprint density at radius 3 is 2.48 bits per heavy atom. The minimum Gasteiger partial charge on any atom is -0.457 e. The smallest absolute Gasteiger partial charge is 0.338 e. The Kier molecular flexibility index (Phi) is 5.29. The molecule has 146 valence electrons. The first-order valence-corrected chi connectivity index (χ1v) is 9.52. The van der Waals surface area contributed by atoms with Gasteiger partial charge in [0.15, 0.2) is 6.61 Å². The number of fused-ring (bicyclic) bond motifs is 1. The summed E-state index contributed by atoms with van der Waals surface area (Å²) in [4.78, 5) is 26.8. The molecular formula is C24H21NO4. The molecule has 1 amide bonds. The molecular weight excluding hydrogens is 366 g/mol. The number of hydrogen-bond donors (Lipinski definition) is 0. The highest BCUT2D eigenvalue weighted by Crippen LogP contribution is 2.31. The van der Waals surface area contributed by atoms with Crippen LogP contribution in [0.1, 0.15) is 22.8 Å². The van der Waals surface area contributed by atoms with Crippen molar-refractivity contribution >= 4 is 17.6 Å². The Bertz CT molecular complexity index is 1030. The second-order valence-corrected chi connectivity index (χ2v) is 6.96. The zero-order valence-electron chi connectivity index (χ0n) is 16.1. The molecule has 1 heterocycles. The molecule has 3 aromatic rings. The Labute approximate surface area is 169 Å². The zero-order chi connectivity index (χ0) is 20.2. The van der Waals surface area contributed by atoms with Gasteiger partial charge < -0.3 is 14.4 Å². The highest BCUT2D eigenvalue weighted by molar-refractivity contribution is 5.99. The van der Waals surface area contributed by atoms with Crippen LogP contribution in [-0.2, 0) is 16.0 Å². The van der Waals surface area contributed by atoms with Crippen molar-refractivity contribution in [3.63, 3.8) is 0 Å². The number of amides is 1. The van der Waals surface area contributed by atoms with Gasteiger partial charge in [0.1, 0.15) is 11.5 Å². The third-order valence-electron chi connectivity index (χ3n) is 4.85. The summed E-state index contributed by atoms with van der Waals surface area (Å²) in [6, 6.07) is 23.9. The lowest BCUT2D eigenvalue weighted by Crippen LogP contribution is -2.38. The number of anilines is 1. The SMILES string of the molecule is C[C@H]1Cc2ccccc2N1C(=O)COC(=O)c1cccc(Oc2ccccc2)c1. The van der Waals surface area contributed by atoms with Crippen LogP contribution in [-0.4, -0.2) is 24.5 Å². The van der Waals surface area contributed by atoms with Crippen LogP contribution in [0.5, 0.6) is 11.5 Å². The molecule has 1 atom stereocenters. The van der Waals surface area contributed by atoms with Crippen molar-refractivity contribution in [3.8, 4) is 11.5 Å². The molecule has 5 nitrogen and oxygen atoms in total. The molecule has 0 aliphatic carbocycles. The number of para-hydroxylation sites is 2. The monoisotopic (exact) mass is 387 g/mol. The van der Waals surface area contributed by atoms with Gasteiger partial charge in [-0.3, -0.25) is 4.79 Å². The topological polar surface area (TPSA) is 55.8 Å². The lowest BCUT2D eigenvalue weighted by molar-refractivity contribution is -0.122. The maximum atomic E-state index is 12.7. The van der Waals surface area contributed by atoms with Gasteiger partial charge in [-0.05, 0) is 55.3 Å². The number of esters is 1. The quantitative estimate of drug-likeness (QED) is 0.600. The number of carbonyl (C=O) groups excluding carboxylic acids is 2. The third kappa shape index (κ3) is 4.14. The maximum absolute atomic E-state index is 12.7. The number of benzene rings is 3. The van der Waals surface area contributed by atoms with Crippen molar-refractivity contribution in [3.05, 3.63) is 90.0 Å². The van der Waals surface area contributed by atoms with E-state index in [1.165, 1.54) is 0 Å². The van der Waals surface area contributed by atoms with E-state index in [4.69, 9.17) is 9.47 Å². The highest BCUT2D eigenvalue weighted by Gasteiger charge is 2.31. The molecule has 0 aromatic heterocycles. The first-order valence-electron chi connectivity index (χ1n) is 9.52. The fourth-order valence-corrected chi connectivity index (χ4v) is 3.54. The number of nitrogens with zero attached hydrogens (tertiary/aromatic N) is 1. The number of hydrogen-bond acceptors (Lipinski definition) is 4. The Morgan fingerprint density at radius 2 is 1.66 bits per heavy atom. The van der Waals surface area contributed by atoms with Crippen LogP contribution in [0.15, 0.2) is 78.9 Å². The van der Waals surface area contributed by atoms with Crippen LogP contribution in [0.2, 0.25) is 0 Å². The molecule has 0 saturated heterocycles. The van der Waals surface area contributed by atoms with E-state index in [2.05, 4.69) is 0 Å². The fourth-order valence-electron chi connectivity index (χ4n) is 3.54. The average Bonchev–Trinajstić information content (AvgIpc) is 3.08. The molecule has 5 heteroatoms. The normalized spacial score (nSPS) is 14.9. The van der Waals surface area contributed by atoms with Crippen molar-refractivity contribution in [2.24, 2.45) is 0 Å². The summed E-state index contributed by atoms with van der Waals surface area (Å²) in [5.41, 5.74) is 2.35. The molecule has 0 saturated carbocycles. The van der Waals surface area contributed by atoms with E-state index in [0.717, 1.165) is 17.7 Å². The number of carbonyl (C=O) groups is 2. The van der Waals surface area contributed by atoms with Crippen LogP contribution in [0.4, 0.5) is 5.69 Å². The van der Waals surface area contributed by atoms with Crippen molar-refractivity contribution in [1.29, 1.82) is 0 Å². The van der Waals surface area contributed by atoms with Crippen LogP contribution >= 0.6 is 0 Å². The van der Waals surface area contributed by atoms with E-state index in [9.17, 15) is 9.59 Å². The first kappa shape index (κ1) is 18.7. The molecule has 1 aliphatic rings. The minimum atomic E-state index is -0.558. The summed E-state index contributed by atoms with van der Waals surface area (Å²) in [7, 11) is 0. The van der Waals surface area contributed by atoms with Crippen molar-refractivity contribution in [2.45, 2.75) is 19.4 Å². The van der Waals surface area contributed by atoms with Gasteiger partial charge in [0.2, 0.25) is 0 Å². The largest absolute Gasteiger partial charge is 0.457 e. The summed E-state index contributed by atoms with van der Waals surface area (Å²) in [6.45, 7) is 1.69. The Hall–Kier alpha value is -3.60. The van der Waals surface area contributed by atoms with E-state index >= 15 is 0 Å². The van der Waals surface area contributed by atoms with Gasteiger partial charge in [0, 0.05) is 11.7 Å². The summed E-state index contributed by atoms with van der Waals surface area (Å²) >= 11 is 0. The van der Waals surface area contributed by atoms with Gasteiger partial charge >= 0.3 is 5.97 Å². The predicted molar refractivity (Wildman–Crippen MR) is 110 cm³/mol. The highest BCUT2D eigenvalue weighted by atomic mass is 16.5. The fraction of sp³-hybridized carbons (Fsp3) is 0.167. The predicted octanol–water partition coefficient (Wildman–Crippen LogP) is 4.61. The lowest BCUT2D eigenvalue weighted by Gasteiger charge is -2.22. The van der Waals surface area contributed by atoms with E-state index in [-0.39, 0.29) is 18.6 Å². The summed E-state index contributed by atoms with van der Waals surface area (Å²) in [5, 5.41) is 0. The zero-order valence-corrected chi connectivity index (χ0v) is 16.1. The minimum absolute atomic E-state index is 0.0428. The summed E-state index contributed by atoms with van der Waals surface area (Å²) in [5.74, 6) is 0.415. The van der Waals surface area contributed by atoms with Gasteiger partial charge in [-0.25, -0.2) is 4.79 Å². The van der Waals surface area contributed by atoms with Crippen molar-refractivity contribution in [2.75, 3.05) is 11.5 Å². The Morgan fingerprint density at radius 1 is 0.931 bits per heavy atom. The van der Waals surface area contributed by atoms with Gasteiger partial charge in [-0.2, -0.15) is 0 Å². The summed E-state index contributed by atoms with van der Waals surface area (Å²) in [6.07, 6.45) is 0.800. The molecule has 0 unspecified atom stereocenters. The van der Waals surface area contributed by atoms with Crippen molar-refractivity contribution in [1.82, 2.24) is 0 Å². The number of ether oxygens (including phenoxy) is 2. The standard InChI is InChI=1S/C24H21NO4/c1-17-14-18-8-5-6-13-22(18)25(17)23(26)16-28-24(27)19-9-7-12-21(15-19)29-20-10-3-2-4-11-20/h2-13,15,17H,14,16H2,1H3/t17-/m0/s1.